The molecule has 1 N–H and O–H groups in total. The first-order chi connectivity index (χ1) is 6.86. The first-order valence-electron chi connectivity index (χ1n) is 5.98. The molecule has 0 spiro atoms. The fraction of sp³-hybridized carbons (Fsp3) is 1.00. The minimum Gasteiger partial charge on any atom is -0.318 e. The van der Waals surface area contributed by atoms with Crippen LogP contribution in [0.1, 0.15) is 27.7 Å². The first-order valence-corrected chi connectivity index (χ1v) is 5.98. The molecule has 1 fully saturated rings. The molecule has 0 aromatic rings. The van der Waals surface area contributed by atoms with Crippen molar-refractivity contribution in [2.75, 3.05) is 33.7 Å². The molecule has 0 saturated carbocycles. The van der Waals surface area contributed by atoms with Gasteiger partial charge >= 0.3 is 0 Å². The fourth-order valence-electron chi connectivity index (χ4n) is 2.42. The summed E-state index contributed by atoms with van der Waals surface area (Å²) >= 11 is 0. The Morgan fingerprint density at radius 3 is 2.33 bits per heavy atom. The van der Waals surface area contributed by atoms with Gasteiger partial charge < -0.3 is 10.2 Å². The van der Waals surface area contributed by atoms with Crippen LogP contribution in [0.25, 0.3) is 0 Å². The molecule has 0 radical (unpaired) electrons. The van der Waals surface area contributed by atoms with Gasteiger partial charge in [-0.2, -0.15) is 0 Å². The van der Waals surface area contributed by atoms with E-state index >= 15 is 0 Å². The van der Waals surface area contributed by atoms with Crippen LogP contribution in [0.15, 0.2) is 0 Å². The lowest BCUT2D eigenvalue weighted by molar-refractivity contribution is -0.00649. The van der Waals surface area contributed by atoms with Crippen molar-refractivity contribution in [2.24, 2.45) is 0 Å². The predicted octanol–water partition coefficient (Wildman–Crippen LogP) is 1.01. The molecule has 0 amide bonds. The maximum absolute atomic E-state index is 3.31. The fourth-order valence-corrected chi connectivity index (χ4v) is 2.42. The van der Waals surface area contributed by atoms with Gasteiger partial charge in [-0.05, 0) is 41.8 Å². The predicted molar refractivity (Wildman–Crippen MR) is 66.3 cm³/mol. The van der Waals surface area contributed by atoms with Gasteiger partial charge in [0.1, 0.15) is 0 Å². The van der Waals surface area contributed by atoms with Gasteiger partial charge in [-0.15, -0.1) is 0 Å². The largest absolute Gasteiger partial charge is 0.318 e. The van der Waals surface area contributed by atoms with E-state index in [0.29, 0.717) is 12.1 Å². The molecule has 3 heteroatoms. The maximum Gasteiger partial charge on any atom is 0.0353 e. The average molecular weight is 213 g/mol. The summed E-state index contributed by atoms with van der Waals surface area (Å²) in [6, 6.07) is 1.30. The summed E-state index contributed by atoms with van der Waals surface area (Å²) in [5, 5.41) is 3.31. The molecule has 90 valence electrons. The number of hydrogen-bond donors (Lipinski definition) is 1. The molecular weight excluding hydrogens is 186 g/mol. The Kier molecular flexibility index (Phi) is 4.15. The van der Waals surface area contributed by atoms with Crippen molar-refractivity contribution >= 4 is 0 Å². The highest BCUT2D eigenvalue weighted by molar-refractivity contribution is 4.92. The zero-order valence-electron chi connectivity index (χ0n) is 11.2. The van der Waals surface area contributed by atoms with Crippen molar-refractivity contribution < 1.29 is 0 Å². The lowest BCUT2D eigenvalue weighted by atomic mass is 9.98. The lowest BCUT2D eigenvalue weighted by Gasteiger charge is -2.50. The van der Waals surface area contributed by atoms with E-state index < -0.39 is 0 Å². The van der Waals surface area contributed by atoms with Crippen molar-refractivity contribution in [3.05, 3.63) is 0 Å². The van der Waals surface area contributed by atoms with Crippen molar-refractivity contribution in [3.8, 4) is 0 Å². The van der Waals surface area contributed by atoms with Crippen LogP contribution in [0, 0.1) is 0 Å². The van der Waals surface area contributed by atoms with E-state index in [2.05, 4.69) is 49.9 Å². The average Bonchev–Trinajstić information content (AvgIpc) is 2.09. The zero-order chi connectivity index (χ0) is 11.6. The molecular formula is C12H27N3. The smallest absolute Gasteiger partial charge is 0.0353 e. The Hall–Kier alpha value is -0.120. The van der Waals surface area contributed by atoms with Gasteiger partial charge in [-0.1, -0.05) is 0 Å². The van der Waals surface area contributed by atoms with E-state index in [1.165, 1.54) is 13.1 Å². The Labute approximate surface area is 94.8 Å². The third-order valence-corrected chi connectivity index (χ3v) is 3.45. The number of piperazine rings is 1. The summed E-state index contributed by atoms with van der Waals surface area (Å²) < 4.78 is 0. The third kappa shape index (κ3) is 3.16. The van der Waals surface area contributed by atoms with Crippen LogP contribution in [0.3, 0.4) is 0 Å². The van der Waals surface area contributed by atoms with Crippen LogP contribution in [0.4, 0.5) is 0 Å². The van der Waals surface area contributed by atoms with Crippen LogP contribution in [-0.2, 0) is 0 Å². The highest BCUT2D eigenvalue weighted by Crippen LogP contribution is 2.22. The number of rotatable bonds is 2. The number of likely N-dealkylation sites (N-methyl/N-ethyl adjacent to an activating group) is 2. The van der Waals surface area contributed by atoms with Crippen molar-refractivity contribution in [1.29, 1.82) is 0 Å². The molecule has 1 aliphatic rings. The Morgan fingerprint density at radius 2 is 1.87 bits per heavy atom. The van der Waals surface area contributed by atoms with E-state index in [4.69, 9.17) is 0 Å². The van der Waals surface area contributed by atoms with Gasteiger partial charge in [0.15, 0.2) is 0 Å². The van der Waals surface area contributed by atoms with Crippen LogP contribution in [-0.4, -0.2) is 61.2 Å². The second kappa shape index (κ2) is 4.81. The van der Waals surface area contributed by atoms with Crippen molar-refractivity contribution in [1.82, 2.24) is 15.1 Å². The number of nitrogens with one attached hydrogen (secondary N) is 1. The number of hydrogen-bond acceptors (Lipinski definition) is 3. The molecule has 1 rings (SSSR count). The summed E-state index contributed by atoms with van der Waals surface area (Å²) in [5.74, 6) is 0. The summed E-state index contributed by atoms with van der Waals surface area (Å²) in [6.07, 6.45) is 0. The topological polar surface area (TPSA) is 18.5 Å². The van der Waals surface area contributed by atoms with Gasteiger partial charge in [0.25, 0.3) is 0 Å². The van der Waals surface area contributed by atoms with E-state index in [1.54, 1.807) is 0 Å². The van der Waals surface area contributed by atoms with E-state index in [-0.39, 0.29) is 5.54 Å². The Bertz CT molecular complexity index is 198. The maximum atomic E-state index is 3.31. The minimum atomic E-state index is 0.275. The highest BCUT2D eigenvalue weighted by Gasteiger charge is 2.35. The summed E-state index contributed by atoms with van der Waals surface area (Å²) in [5.41, 5.74) is 0.275. The SMILES string of the molecule is CNCC1CN(C)C(C)CN1C(C)(C)C. The van der Waals surface area contributed by atoms with E-state index in [0.717, 1.165) is 6.54 Å². The van der Waals surface area contributed by atoms with Crippen molar-refractivity contribution in [2.45, 2.75) is 45.3 Å². The monoisotopic (exact) mass is 213 g/mol. The van der Waals surface area contributed by atoms with Gasteiger partial charge in [-0.3, -0.25) is 4.90 Å². The standard InChI is InChI=1S/C12H27N3/c1-10-8-15(12(2,3)4)11(7-13-5)9-14(10)6/h10-11,13H,7-9H2,1-6H3. The molecule has 0 aromatic heterocycles. The second-order valence-corrected chi connectivity index (χ2v) is 5.82. The first kappa shape index (κ1) is 12.9. The number of nitrogens with zero attached hydrogens (tertiary/aromatic N) is 2. The normalized spacial score (nSPS) is 30.8. The molecule has 3 nitrogen and oxygen atoms in total. The summed E-state index contributed by atoms with van der Waals surface area (Å²) in [6.45, 7) is 12.7. The van der Waals surface area contributed by atoms with E-state index in [1.807, 2.05) is 7.05 Å². The van der Waals surface area contributed by atoms with Crippen molar-refractivity contribution in [3.63, 3.8) is 0 Å². The minimum absolute atomic E-state index is 0.275. The Morgan fingerprint density at radius 1 is 1.27 bits per heavy atom. The molecule has 0 aliphatic carbocycles. The summed E-state index contributed by atoms with van der Waals surface area (Å²) in [4.78, 5) is 5.10. The van der Waals surface area contributed by atoms with Gasteiger partial charge in [-0.25, -0.2) is 0 Å². The quantitative estimate of drug-likeness (QED) is 0.738. The van der Waals surface area contributed by atoms with Crippen LogP contribution < -0.4 is 5.32 Å². The van der Waals surface area contributed by atoms with Crippen LogP contribution in [0.2, 0.25) is 0 Å². The second-order valence-electron chi connectivity index (χ2n) is 5.82. The van der Waals surface area contributed by atoms with Gasteiger partial charge in [0.2, 0.25) is 0 Å². The van der Waals surface area contributed by atoms with Gasteiger partial charge in [0.05, 0.1) is 0 Å². The molecule has 15 heavy (non-hydrogen) atoms. The molecule has 1 heterocycles. The zero-order valence-corrected chi connectivity index (χ0v) is 11.2. The molecule has 0 bridgehead atoms. The molecule has 1 saturated heterocycles. The Balaban J connectivity index is 2.72. The van der Waals surface area contributed by atoms with Crippen LogP contribution >= 0.6 is 0 Å². The lowest BCUT2D eigenvalue weighted by Crippen LogP contribution is -2.63. The molecule has 2 unspecified atom stereocenters. The summed E-state index contributed by atoms with van der Waals surface area (Å²) in [7, 11) is 4.27. The molecule has 0 aromatic carbocycles. The third-order valence-electron chi connectivity index (χ3n) is 3.45. The van der Waals surface area contributed by atoms with Gasteiger partial charge in [0, 0.05) is 37.3 Å². The molecule has 1 aliphatic heterocycles. The van der Waals surface area contributed by atoms with Crippen LogP contribution in [0.5, 0.6) is 0 Å². The molecule has 2 atom stereocenters. The van der Waals surface area contributed by atoms with E-state index in [9.17, 15) is 0 Å². The highest BCUT2D eigenvalue weighted by atomic mass is 15.3.